The Kier molecular flexibility index (Phi) is 5.40. The van der Waals surface area contributed by atoms with Crippen molar-refractivity contribution in [2.24, 2.45) is 0 Å². The highest BCUT2D eigenvalue weighted by molar-refractivity contribution is 8.00. The van der Waals surface area contributed by atoms with Gasteiger partial charge >= 0.3 is 5.97 Å². The second-order valence-corrected chi connectivity index (χ2v) is 5.81. The van der Waals surface area contributed by atoms with Crippen LogP contribution in [0.1, 0.15) is 36.2 Å². The molecule has 20 heavy (non-hydrogen) atoms. The van der Waals surface area contributed by atoms with Crippen LogP contribution in [-0.2, 0) is 4.79 Å². The summed E-state index contributed by atoms with van der Waals surface area (Å²) in [6.07, 6.45) is 6.01. The normalized spacial score (nSPS) is 15.7. The topological polar surface area (TPSA) is 70.5 Å². The van der Waals surface area contributed by atoms with Gasteiger partial charge in [-0.2, -0.15) is 0 Å². The number of amides is 1. The van der Waals surface area contributed by atoms with E-state index in [0.29, 0.717) is 5.75 Å². The Hall–Kier alpha value is -1.56. The Morgan fingerprint density at radius 3 is 2.60 bits per heavy atom. The molecule has 0 atom stereocenters. The van der Waals surface area contributed by atoms with Crippen molar-refractivity contribution >= 4 is 23.6 Å². The molecule has 1 aromatic heterocycles. The molecule has 0 aliphatic carbocycles. The minimum atomic E-state index is -1.05. The molecular weight excluding hydrogens is 276 g/mol. The van der Waals surface area contributed by atoms with Crippen molar-refractivity contribution in [2.45, 2.75) is 30.6 Å². The van der Waals surface area contributed by atoms with Crippen LogP contribution in [0.15, 0.2) is 23.2 Å². The fraction of sp³-hybridized carbons (Fsp3) is 0.500. The Labute approximate surface area is 122 Å². The minimum Gasteiger partial charge on any atom is -0.477 e. The fourth-order valence-corrected chi connectivity index (χ4v) is 3.00. The second-order valence-electron chi connectivity index (χ2n) is 4.77. The summed E-state index contributed by atoms with van der Waals surface area (Å²) in [5.74, 6) is -0.569. The number of carboxylic acids is 1. The highest BCUT2D eigenvalue weighted by atomic mass is 32.2. The number of aromatic carboxylic acids is 1. The lowest BCUT2D eigenvalue weighted by Crippen LogP contribution is -2.33. The van der Waals surface area contributed by atoms with E-state index in [1.54, 1.807) is 6.07 Å². The van der Waals surface area contributed by atoms with Crippen LogP contribution in [0.5, 0.6) is 0 Å². The maximum atomic E-state index is 12.1. The predicted octanol–water partition coefficient (Wildman–Crippen LogP) is 2.27. The van der Waals surface area contributed by atoms with Crippen LogP contribution < -0.4 is 0 Å². The molecule has 1 N–H and O–H groups in total. The van der Waals surface area contributed by atoms with Gasteiger partial charge in [0.1, 0.15) is 5.69 Å². The molecule has 1 aliphatic rings. The van der Waals surface area contributed by atoms with Gasteiger partial charge in [-0.25, -0.2) is 9.78 Å². The number of hydrogen-bond donors (Lipinski definition) is 1. The van der Waals surface area contributed by atoms with E-state index in [-0.39, 0.29) is 11.6 Å². The molecule has 1 aliphatic heterocycles. The number of hydrogen-bond acceptors (Lipinski definition) is 4. The number of likely N-dealkylation sites (tertiary alicyclic amines) is 1. The number of nitrogens with zero attached hydrogens (tertiary/aromatic N) is 2. The molecule has 0 aromatic carbocycles. The van der Waals surface area contributed by atoms with E-state index in [1.165, 1.54) is 36.9 Å². The number of rotatable bonds is 4. The number of aromatic nitrogens is 1. The number of carbonyl (C=O) groups is 2. The molecule has 2 rings (SSSR count). The van der Waals surface area contributed by atoms with Crippen LogP contribution in [0.3, 0.4) is 0 Å². The van der Waals surface area contributed by atoms with Gasteiger partial charge in [0, 0.05) is 24.2 Å². The highest BCUT2D eigenvalue weighted by Gasteiger charge is 2.15. The largest absolute Gasteiger partial charge is 0.477 e. The first kappa shape index (κ1) is 14.8. The number of pyridine rings is 1. The molecule has 0 unspecified atom stereocenters. The quantitative estimate of drug-likeness (QED) is 0.863. The van der Waals surface area contributed by atoms with Gasteiger partial charge in [-0.3, -0.25) is 4.79 Å². The Bertz CT molecular complexity index is 485. The van der Waals surface area contributed by atoms with Gasteiger partial charge in [0.05, 0.1) is 5.75 Å². The summed E-state index contributed by atoms with van der Waals surface area (Å²) in [6, 6.07) is 3.23. The van der Waals surface area contributed by atoms with Crippen LogP contribution in [0.4, 0.5) is 0 Å². The average Bonchev–Trinajstić information content (AvgIpc) is 2.74. The molecule has 0 bridgehead atoms. The van der Waals surface area contributed by atoms with E-state index < -0.39 is 5.97 Å². The van der Waals surface area contributed by atoms with Crippen molar-refractivity contribution in [1.29, 1.82) is 0 Å². The maximum Gasteiger partial charge on any atom is 0.354 e. The minimum absolute atomic E-state index is 0.0113. The van der Waals surface area contributed by atoms with E-state index in [1.807, 2.05) is 4.90 Å². The molecule has 1 fully saturated rings. The van der Waals surface area contributed by atoms with Crippen molar-refractivity contribution in [3.63, 3.8) is 0 Å². The molecule has 1 amide bonds. The van der Waals surface area contributed by atoms with Gasteiger partial charge in [-0.15, -0.1) is 11.8 Å². The monoisotopic (exact) mass is 294 g/mol. The first-order valence-corrected chi connectivity index (χ1v) is 7.75. The summed E-state index contributed by atoms with van der Waals surface area (Å²) in [7, 11) is 0. The first-order valence-electron chi connectivity index (χ1n) is 6.77. The third kappa shape index (κ3) is 4.23. The van der Waals surface area contributed by atoms with Crippen LogP contribution in [-0.4, -0.2) is 45.7 Å². The summed E-state index contributed by atoms with van der Waals surface area (Å²) in [4.78, 5) is 29.4. The molecule has 1 aromatic rings. The maximum absolute atomic E-state index is 12.1. The van der Waals surface area contributed by atoms with Gasteiger partial charge in [-0.1, -0.05) is 12.8 Å². The summed E-state index contributed by atoms with van der Waals surface area (Å²) >= 11 is 1.37. The predicted molar refractivity (Wildman–Crippen MR) is 77.0 cm³/mol. The van der Waals surface area contributed by atoms with Crippen molar-refractivity contribution in [1.82, 2.24) is 9.88 Å². The molecule has 5 nitrogen and oxygen atoms in total. The molecule has 1 saturated heterocycles. The van der Waals surface area contributed by atoms with Gasteiger partial charge < -0.3 is 10.0 Å². The SMILES string of the molecule is O=C(O)c1cc(SCC(=O)N2CCCCCC2)ccn1. The second kappa shape index (κ2) is 7.28. The summed E-state index contributed by atoms with van der Waals surface area (Å²) in [5, 5.41) is 8.87. The van der Waals surface area contributed by atoms with Crippen LogP contribution in [0.2, 0.25) is 0 Å². The van der Waals surface area contributed by atoms with Crippen molar-refractivity contribution in [3.8, 4) is 0 Å². The Morgan fingerprint density at radius 1 is 1.25 bits per heavy atom. The van der Waals surface area contributed by atoms with E-state index in [0.717, 1.165) is 30.8 Å². The van der Waals surface area contributed by atoms with E-state index in [2.05, 4.69) is 4.98 Å². The van der Waals surface area contributed by atoms with E-state index in [9.17, 15) is 9.59 Å². The first-order chi connectivity index (χ1) is 9.66. The van der Waals surface area contributed by atoms with Gasteiger partial charge in [0.2, 0.25) is 5.91 Å². The number of thioether (sulfide) groups is 1. The Balaban J connectivity index is 1.89. The number of carbonyl (C=O) groups excluding carboxylic acids is 1. The lowest BCUT2D eigenvalue weighted by Gasteiger charge is -2.19. The standard InChI is InChI=1S/C14H18N2O3S/c17-13(16-7-3-1-2-4-8-16)10-20-11-5-6-15-12(9-11)14(18)19/h5-6,9H,1-4,7-8,10H2,(H,18,19). The molecule has 0 saturated carbocycles. The van der Waals surface area contributed by atoms with Crippen LogP contribution in [0.25, 0.3) is 0 Å². The molecular formula is C14H18N2O3S. The third-order valence-electron chi connectivity index (χ3n) is 3.27. The van der Waals surface area contributed by atoms with Crippen LogP contribution in [0, 0.1) is 0 Å². The molecule has 6 heteroatoms. The lowest BCUT2D eigenvalue weighted by molar-refractivity contribution is -0.128. The fourth-order valence-electron chi connectivity index (χ4n) is 2.17. The summed E-state index contributed by atoms with van der Waals surface area (Å²) < 4.78 is 0. The Morgan fingerprint density at radius 2 is 1.95 bits per heavy atom. The van der Waals surface area contributed by atoms with Crippen molar-refractivity contribution in [2.75, 3.05) is 18.8 Å². The van der Waals surface area contributed by atoms with Gasteiger partial charge in [-0.05, 0) is 25.0 Å². The summed E-state index contributed by atoms with van der Waals surface area (Å²) in [6.45, 7) is 1.69. The van der Waals surface area contributed by atoms with E-state index >= 15 is 0 Å². The van der Waals surface area contributed by atoms with Crippen molar-refractivity contribution in [3.05, 3.63) is 24.0 Å². The smallest absolute Gasteiger partial charge is 0.354 e. The van der Waals surface area contributed by atoms with Crippen molar-refractivity contribution < 1.29 is 14.7 Å². The zero-order valence-corrected chi connectivity index (χ0v) is 12.1. The third-order valence-corrected chi connectivity index (χ3v) is 4.25. The zero-order chi connectivity index (χ0) is 14.4. The lowest BCUT2D eigenvalue weighted by atomic mass is 10.2. The molecule has 108 valence electrons. The zero-order valence-electron chi connectivity index (χ0n) is 11.2. The molecule has 2 heterocycles. The highest BCUT2D eigenvalue weighted by Crippen LogP contribution is 2.19. The van der Waals surface area contributed by atoms with Crippen LogP contribution >= 0.6 is 11.8 Å². The van der Waals surface area contributed by atoms with Gasteiger partial charge in [0.25, 0.3) is 0 Å². The van der Waals surface area contributed by atoms with Gasteiger partial charge in [0.15, 0.2) is 0 Å². The summed E-state index contributed by atoms with van der Waals surface area (Å²) in [5.41, 5.74) is 0.0113. The average molecular weight is 294 g/mol. The molecule has 0 radical (unpaired) electrons. The van der Waals surface area contributed by atoms with E-state index in [4.69, 9.17) is 5.11 Å². The number of carboxylic acid groups (broad SMARTS) is 1. The molecule has 0 spiro atoms.